The summed E-state index contributed by atoms with van der Waals surface area (Å²) in [4.78, 5) is 16.5. The Morgan fingerprint density at radius 2 is 2.29 bits per heavy atom. The van der Waals surface area contributed by atoms with Gasteiger partial charge in [-0.25, -0.2) is 0 Å². The Morgan fingerprint density at radius 3 is 3.11 bits per heavy atom. The van der Waals surface area contributed by atoms with Gasteiger partial charge in [0.1, 0.15) is 11.4 Å². The zero-order valence-electron chi connectivity index (χ0n) is 15.9. The second-order valence-corrected chi connectivity index (χ2v) is 8.06. The number of thiophene rings is 1. The summed E-state index contributed by atoms with van der Waals surface area (Å²) in [5.41, 5.74) is 2.12. The number of piperidine rings is 1. The number of hydrogen-bond acceptors (Lipinski definition) is 5. The average molecular weight is 397 g/mol. The van der Waals surface area contributed by atoms with Gasteiger partial charge in [0, 0.05) is 29.6 Å². The van der Waals surface area contributed by atoms with Crippen LogP contribution >= 0.6 is 11.3 Å². The van der Waals surface area contributed by atoms with Crippen molar-refractivity contribution >= 4 is 17.2 Å². The second kappa shape index (κ2) is 8.58. The number of likely N-dealkylation sites (tertiary alicyclic amines) is 1. The topological polar surface area (TPSA) is 70.2 Å². The number of nitrogens with zero attached hydrogens (tertiary/aromatic N) is 2. The predicted molar refractivity (Wildman–Crippen MR) is 111 cm³/mol. The lowest BCUT2D eigenvalue weighted by Gasteiger charge is -2.32. The minimum atomic E-state index is -0.107. The molecule has 2 aromatic heterocycles. The number of H-pyrrole nitrogens is 1. The highest BCUT2D eigenvalue weighted by molar-refractivity contribution is 7.09. The fourth-order valence-electron chi connectivity index (χ4n) is 3.57. The summed E-state index contributed by atoms with van der Waals surface area (Å²) in [6.45, 7) is 2.91. The van der Waals surface area contributed by atoms with Crippen LogP contribution in [0.25, 0.3) is 11.3 Å². The minimum absolute atomic E-state index is 0.107. The van der Waals surface area contributed by atoms with Crippen LogP contribution < -0.4 is 10.1 Å². The number of hydrogen-bond donors (Lipinski definition) is 2. The molecule has 3 heterocycles. The summed E-state index contributed by atoms with van der Waals surface area (Å²) in [6, 6.07) is 13.8. The number of methoxy groups -OCH3 is 1. The molecule has 3 aromatic rings. The van der Waals surface area contributed by atoms with E-state index in [1.807, 2.05) is 24.3 Å². The van der Waals surface area contributed by atoms with E-state index >= 15 is 0 Å². The molecule has 0 radical (unpaired) electrons. The van der Waals surface area contributed by atoms with Gasteiger partial charge in [0.05, 0.1) is 12.8 Å². The van der Waals surface area contributed by atoms with Crippen LogP contribution in [0.4, 0.5) is 0 Å². The molecule has 7 heteroatoms. The van der Waals surface area contributed by atoms with E-state index < -0.39 is 0 Å². The van der Waals surface area contributed by atoms with Crippen molar-refractivity contribution in [2.45, 2.75) is 25.4 Å². The Kier molecular flexibility index (Phi) is 5.73. The molecular formula is C21H24N4O2S. The summed E-state index contributed by atoms with van der Waals surface area (Å²) in [5.74, 6) is 0.657. The van der Waals surface area contributed by atoms with E-state index in [2.05, 4.69) is 37.9 Å². The van der Waals surface area contributed by atoms with Crippen molar-refractivity contribution in [3.8, 4) is 17.0 Å². The third-order valence-electron chi connectivity index (χ3n) is 4.99. The van der Waals surface area contributed by atoms with Gasteiger partial charge in [-0.2, -0.15) is 5.10 Å². The standard InChI is InChI=1S/C21H24N4O2S/c1-27-17-7-2-5-15(11-17)19-12-20(24-23-19)21(26)22-16-6-3-9-25(13-16)14-18-8-4-10-28-18/h2,4-5,7-8,10-12,16H,3,6,9,13-14H2,1H3,(H,22,26)(H,23,24)/t16-/m0/s1. The molecule has 0 spiro atoms. The van der Waals surface area contributed by atoms with Crippen LogP contribution in [0.2, 0.25) is 0 Å². The summed E-state index contributed by atoms with van der Waals surface area (Å²) >= 11 is 1.78. The van der Waals surface area contributed by atoms with Gasteiger partial charge >= 0.3 is 0 Å². The summed E-state index contributed by atoms with van der Waals surface area (Å²) in [7, 11) is 1.63. The first kappa shape index (κ1) is 18.7. The molecular weight excluding hydrogens is 372 g/mol. The first-order chi connectivity index (χ1) is 13.7. The first-order valence-electron chi connectivity index (χ1n) is 9.47. The molecule has 2 N–H and O–H groups in total. The van der Waals surface area contributed by atoms with Crippen LogP contribution in [0.1, 0.15) is 28.2 Å². The largest absolute Gasteiger partial charge is 0.497 e. The zero-order valence-corrected chi connectivity index (χ0v) is 16.7. The van der Waals surface area contributed by atoms with Gasteiger partial charge in [-0.05, 0) is 49.0 Å². The van der Waals surface area contributed by atoms with Gasteiger partial charge < -0.3 is 10.1 Å². The summed E-state index contributed by atoms with van der Waals surface area (Å²) < 4.78 is 5.26. The first-order valence-corrected chi connectivity index (χ1v) is 10.3. The van der Waals surface area contributed by atoms with E-state index in [0.717, 1.165) is 49.5 Å². The maximum Gasteiger partial charge on any atom is 0.269 e. The van der Waals surface area contributed by atoms with E-state index in [1.165, 1.54) is 4.88 Å². The smallest absolute Gasteiger partial charge is 0.269 e. The molecule has 1 aliphatic rings. The number of benzene rings is 1. The highest BCUT2D eigenvalue weighted by atomic mass is 32.1. The van der Waals surface area contributed by atoms with Gasteiger partial charge in [0.2, 0.25) is 0 Å². The van der Waals surface area contributed by atoms with Crippen molar-refractivity contribution in [1.29, 1.82) is 0 Å². The molecule has 0 aliphatic carbocycles. The van der Waals surface area contributed by atoms with Crippen molar-refractivity contribution < 1.29 is 9.53 Å². The normalized spacial score (nSPS) is 17.4. The molecule has 1 fully saturated rings. The fraction of sp³-hybridized carbons (Fsp3) is 0.333. The molecule has 1 aromatic carbocycles. The van der Waals surface area contributed by atoms with E-state index in [0.29, 0.717) is 5.69 Å². The molecule has 1 atom stereocenters. The van der Waals surface area contributed by atoms with E-state index in [-0.39, 0.29) is 11.9 Å². The van der Waals surface area contributed by atoms with Crippen LogP contribution in [-0.2, 0) is 6.54 Å². The van der Waals surface area contributed by atoms with Crippen molar-refractivity contribution in [1.82, 2.24) is 20.4 Å². The quantitative estimate of drug-likeness (QED) is 0.669. The third-order valence-corrected chi connectivity index (χ3v) is 5.85. The number of ether oxygens (including phenoxy) is 1. The molecule has 0 saturated carbocycles. The van der Waals surface area contributed by atoms with Crippen molar-refractivity contribution in [3.63, 3.8) is 0 Å². The number of aromatic amines is 1. The van der Waals surface area contributed by atoms with E-state index in [4.69, 9.17) is 4.74 Å². The summed E-state index contributed by atoms with van der Waals surface area (Å²) in [6.07, 6.45) is 2.10. The Bertz CT molecular complexity index is 922. The van der Waals surface area contributed by atoms with Crippen LogP contribution in [0.3, 0.4) is 0 Å². The lowest BCUT2D eigenvalue weighted by atomic mass is 10.1. The van der Waals surface area contributed by atoms with Crippen LogP contribution in [0.15, 0.2) is 47.8 Å². The molecule has 1 saturated heterocycles. The van der Waals surface area contributed by atoms with Gasteiger partial charge in [0.15, 0.2) is 0 Å². The third kappa shape index (κ3) is 4.43. The number of carbonyl (C=O) groups excluding carboxylic acids is 1. The van der Waals surface area contributed by atoms with Gasteiger partial charge in [-0.3, -0.25) is 14.8 Å². The molecule has 4 rings (SSSR count). The van der Waals surface area contributed by atoms with E-state index in [9.17, 15) is 4.79 Å². The van der Waals surface area contributed by atoms with Crippen LogP contribution in [-0.4, -0.2) is 47.2 Å². The van der Waals surface area contributed by atoms with Gasteiger partial charge in [0.25, 0.3) is 5.91 Å². The van der Waals surface area contributed by atoms with Gasteiger partial charge in [-0.15, -0.1) is 11.3 Å². The molecule has 6 nitrogen and oxygen atoms in total. The number of amides is 1. The molecule has 0 bridgehead atoms. The predicted octanol–water partition coefficient (Wildman–Crippen LogP) is 3.54. The molecule has 146 valence electrons. The Balaban J connectivity index is 1.37. The maximum atomic E-state index is 12.7. The highest BCUT2D eigenvalue weighted by Gasteiger charge is 2.23. The van der Waals surface area contributed by atoms with Crippen molar-refractivity contribution in [2.75, 3.05) is 20.2 Å². The minimum Gasteiger partial charge on any atom is -0.497 e. The fourth-order valence-corrected chi connectivity index (χ4v) is 4.32. The van der Waals surface area contributed by atoms with Crippen molar-refractivity contribution in [2.24, 2.45) is 0 Å². The second-order valence-electron chi connectivity index (χ2n) is 7.03. The number of nitrogens with one attached hydrogen (secondary N) is 2. The van der Waals surface area contributed by atoms with Crippen molar-refractivity contribution in [3.05, 3.63) is 58.4 Å². The summed E-state index contributed by atoms with van der Waals surface area (Å²) in [5, 5.41) is 12.4. The molecule has 0 unspecified atom stereocenters. The maximum absolute atomic E-state index is 12.7. The van der Waals surface area contributed by atoms with Crippen LogP contribution in [0, 0.1) is 0 Å². The Hall–Kier alpha value is -2.64. The average Bonchev–Trinajstić information content (AvgIpc) is 3.40. The Morgan fingerprint density at radius 1 is 1.36 bits per heavy atom. The lowest BCUT2D eigenvalue weighted by molar-refractivity contribution is 0.0896. The number of carbonyl (C=O) groups is 1. The molecule has 1 amide bonds. The van der Waals surface area contributed by atoms with Gasteiger partial charge in [-0.1, -0.05) is 18.2 Å². The number of rotatable bonds is 6. The number of aromatic nitrogens is 2. The zero-order chi connectivity index (χ0) is 19.3. The van der Waals surface area contributed by atoms with E-state index in [1.54, 1.807) is 24.5 Å². The SMILES string of the molecule is COc1cccc(-c2cc(C(=O)N[C@H]3CCCN(Cc4cccs4)C3)[nH]n2)c1. The van der Waals surface area contributed by atoms with Crippen LogP contribution in [0.5, 0.6) is 5.75 Å². The highest BCUT2D eigenvalue weighted by Crippen LogP contribution is 2.23. The lowest BCUT2D eigenvalue weighted by Crippen LogP contribution is -2.47. The molecule has 1 aliphatic heterocycles. The molecule has 28 heavy (non-hydrogen) atoms. The Labute approximate surface area is 168 Å². The monoisotopic (exact) mass is 396 g/mol.